The molecule has 0 aliphatic heterocycles. The number of amides is 2. The number of nitrogens with one attached hydrogen (secondary N) is 2. The highest BCUT2D eigenvalue weighted by molar-refractivity contribution is 6.03. The molecule has 0 aliphatic rings. The molecule has 1 aromatic heterocycles. The van der Waals surface area contributed by atoms with E-state index >= 15 is 0 Å². The molecule has 0 bridgehead atoms. The van der Waals surface area contributed by atoms with Gasteiger partial charge in [0.1, 0.15) is 0 Å². The van der Waals surface area contributed by atoms with Gasteiger partial charge in [-0.15, -0.1) is 0 Å². The van der Waals surface area contributed by atoms with Crippen LogP contribution >= 0.6 is 0 Å². The molecule has 9 heteroatoms. The van der Waals surface area contributed by atoms with E-state index in [-0.39, 0.29) is 17.8 Å². The van der Waals surface area contributed by atoms with Gasteiger partial charge in [0, 0.05) is 18.1 Å². The number of aryl methyl sites for hydroxylation is 3. The topological polar surface area (TPSA) is 119 Å². The minimum Gasteiger partial charge on any atom is -0.448 e. The van der Waals surface area contributed by atoms with Gasteiger partial charge >= 0.3 is 5.97 Å². The number of para-hydroxylation sites is 1. The van der Waals surface area contributed by atoms with Gasteiger partial charge in [0.25, 0.3) is 11.5 Å². The molecule has 0 spiro atoms. The minimum atomic E-state index is -1.17. The highest BCUT2D eigenvalue weighted by Crippen LogP contribution is 2.19. The number of fused-ring (bicyclic) bond motifs is 1. The number of hydrogen-bond donors (Lipinski definition) is 2. The average molecular weight is 436 g/mol. The van der Waals surface area contributed by atoms with Crippen LogP contribution in [0, 0.1) is 13.8 Å². The third-order valence-electron chi connectivity index (χ3n) is 4.97. The molecule has 0 saturated heterocycles. The molecule has 0 fully saturated rings. The van der Waals surface area contributed by atoms with Gasteiger partial charge in [-0.05, 0) is 38.0 Å². The summed E-state index contributed by atoms with van der Waals surface area (Å²) < 4.78 is 6.27. The number of anilines is 1. The largest absolute Gasteiger partial charge is 0.448 e. The molecule has 3 rings (SSSR count). The van der Waals surface area contributed by atoms with Crippen molar-refractivity contribution in [1.29, 1.82) is 0 Å². The van der Waals surface area contributed by atoms with E-state index in [1.54, 1.807) is 24.3 Å². The number of aromatic nitrogens is 2. The minimum absolute atomic E-state index is 0.0740. The molecule has 1 heterocycles. The third-order valence-corrected chi connectivity index (χ3v) is 4.97. The van der Waals surface area contributed by atoms with Gasteiger partial charge < -0.3 is 15.4 Å². The van der Waals surface area contributed by atoms with Crippen LogP contribution in [0.4, 0.5) is 5.69 Å². The van der Waals surface area contributed by atoms with Crippen molar-refractivity contribution in [2.24, 2.45) is 7.05 Å². The predicted molar refractivity (Wildman–Crippen MR) is 119 cm³/mol. The summed E-state index contributed by atoms with van der Waals surface area (Å²) in [5.74, 6) is -1.89. The molecule has 3 aromatic rings. The van der Waals surface area contributed by atoms with Crippen molar-refractivity contribution < 1.29 is 19.1 Å². The van der Waals surface area contributed by atoms with Crippen molar-refractivity contribution in [3.05, 3.63) is 69.6 Å². The molecule has 0 radical (unpaired) electrons. The fourth-order valence-electron chi connectivity index (χ4n) is 3.23. The van der Waals surface area contributed by atoms with E-state index in [9.17, 15) is 19.2 Å². The fraction of sp³-hybridized carbons (Fsp3) is 0.261. The van der Waals surface area contributed by atoms with Crippen molar-refractivity contribution in [2.45, 2.75) is 26.9 Å². The number of carbonyl (C=O) groups excluding carboxylic acids is 3. The first-order valence-electron chi connectivity index (χ1n) is 10.00. The molecule has 1 atom stereocenters. The maximum Gasteiger partial charge on any atom is 0.360 e. The van der Waals surface area contributed by atoms with Gasteiger partial charge in [0.2, 0.25) is 5.91 Å². The van der Waals surface area contributed by atoms with Crippen LogP contribution in [0.3, 0.4) is 0 Å². The van der Waals surface area contributed by atoms with E-state index in [1.165, 1.54) is 14.0 Å². The summed E-state index contributed by atoms with van der Waals surface area (Å²) in [6, 6.07) is 12.2. The number of rotatable bonds is 6. The van der Waals surface area contributed by atoms with Crippen molar-refractivity contribution in [1.82, 2.24) is 15.1 Å². The highest BCUT2D eigenvalue weighted by Gasteiger charge is 2.23. The van der Waals surface area contributed by atoms with E-state index in [0.717, 1.165) is 15.8 Å². The predicted octanol–water partition coefficient (Wildman–Crippen LogP) is 1.85. The average Bonchev–Trinajstić information content (AvgIpc) is 2.77. The van der Waals surface area contributed by atoms with Gasteiger partial charge in [-0.25, -0.2) is 9.48 Å². The smallest absolute Gasteiger partial charge is 0.360 e. The Morgan fingerprint density at radius 3 is 2.31 bits per heavy atom. The van der Waals surface area contributed by atoms with Crippen LogP contribution in [-0.4, -0.2) is 40.2 Å². The van der Waals surface area contributed by atoms with Crippen LogP contribution in [0.2, 0.25) is 0 Å². The Labute approximate surface area is 184 Å². The summed E-state index contributed by atoms with van der Waals surface area (Å²) in [7, 11) is 1.43. The van der Waals surface area contributed by atoms with Crippen LogP contribution < -0.4 is 16.2 Å². The maximum atomic E-state index is 12.6. The number of esters is 1. The first-order valence-corrected chi connectivity index (χ1v) is 10.00. The first kappa shape index (κ1) is 22.7. The number of hydrogen-bond acceptors (Lipinski definition) is 6. The van der Waals surface area contributed by atoms with E-state index in [1.807, 2.05) is 32.0 Å². The molecule has 2 N–H and O–H groups in total. The van der Waals surface area contributed by atoms with Crippen LogP contribution in [0.5, 0.6) is 0 Å². The second kappa shape index (κ2) is 9.42. The molecule has 0 saturated carbocycles. The lowest BCUT2D eigenvalue weighted by atomic mass is 10.1. The van der Waals surface area contributed by atoms with E-state index in [2.05, 4.69) is 15.7 Å². The zero-order valence-corrected chi connectivity index (χ0v) is 18.3. The Morgan fingerprint density at radius 1 is 1.03 bits per heavy atom. The van der Waals surface area contributed by atoms with Gasteiger partial charge in [0.05, 0.1) is 11.9 Å². The summed E-state index contributed by atoms with van der Waals surface area (Å²) >= 11 is 0. The zero-order chi connectivity index (χ0) is 23.4. The number of ether oxygens (including phenoxy) is 1. The Morgan fingerprint density at radius 2 is 1.66 bits per heavy atom. The van der Waals surface area contributed by atoms with Gasteiger partial charge in [-0.3, -0.25) is 14.4 Å². The van der Waals surface area contributed by atoms with Crippen LogP contribution in [0.15, 0.2) is 47.3 Å². The zero-order valence-electron chi connectivity index (χ0n) is 18.3. The molecule has 1 unspecified atom stereocenters. The second-order valence-electron chi connectivity index (χ2n) is 7.40. The SMILES string of the molecule is Cc1cccc(C)c1NC(=O)CNC(=O)C(C)OC(=O)c1nn(C)c(=O)c2ccccc12. The molecule has 32 heavy (non-hydrogen) atoms. The molecule has 2 aromatic carbocycles. The van der Waals surface area contributed by atoms with Crippen molar-refractivity contribution in [3.63, 3.8) is 0 Å². The maximum absolute atomic E-state index is 12.6. The van der Waals surface area contributed by atoms with E-state index in [0.29, 0.717) is 16.5 Å². The van der Waals surface area contributed by atoms with Crippen molar-refractivity contribution in [2.75, 3.05) is 11.9 Å². The lowest BCUT2D eigenvalue weighted by Crippen LogP contribution is -2.40. The molecule has 166 valence electrons. The number of carbonyl (C=O) groups is 3. The van der Waals surface area contributed by atoms with E-state index in [4.69, 9.17) is 4.74 Å². The summed E-state index contributed by atoms with van der Waals surface area (Å²) in [5.41, 5.74) is 2.08. The summed E-state index contributed by atoms with van der Waals surface area (Å²) in [4.78, 5) is 49.4. The standard InChI is InChI=1S/C23H24N4O5/c1-13-8-7-9-14(2)19(13)25-18(28)12-24-21(29)15(3)32-23(31)20-16-10-5-6-11-17(16)22(30)27(4)26-20/h5-11,15H,12H2,1-4H3,(H,24,29)(H,25,28). The van der Waals surface area contributed by atoms with Crippen LogP contribution in [0.1, 0.15) is 28.5 Å². The number of nitrogens with zero attached hydrogens (tertiary/aromatic N) is 2. The van der Waals surface area contributed by atoms with Crippen LogP contribution in [0.25, 0.3) is 10.8 Å². The highest BCUT2D eigenvalue weighted by atomic mass is 16.5. The quantitative estimate of drug-likeness (QED) is 0.569. The third kappa shape index (κ3) is 4.83. The van der Waals surface area contributed by atoms with Gasteiger partial charge in [-0.1, -0.05) is 36.4 Å². The van der Waals surface area contributed by atoms with E-state index < -0.39 is 23.9 Å². The molecule has 2 amide bonds. The molecular formula is C23H24N4O5. The lowest BCUT2D eigenvalue weighted by Gasteiger charge is -2.15. The van der Waals surface area contributed by atoms with Gasteiger partial charge in [-0.2, -0.15) is 5.10 Å². The summed E-state index contributed by atoms with van der Waals surface area (Å²) in [6.07, 6.45) is -1.17. The molecule has 9 nitrogen and oxygen atoms in total. The molecule has 0 aliphatic carbocycles. The number of benzene rings is 2. The van der Waals surface area contributed by atoms with Gasteiger partial charge in [0.15, 0.2) is 11.8 Å². The van der Waals surface area contributed by atoms with Crippen molar-refractivity contribution in [3.8, 4) is 0 Å². The fourth-order valence-corrected chi connectivity index (χ4v) is 3.23. The van der Waals surface area contributed by atoms with Crippen molar-refractivity contribution >= 4 is 34.2 Å². The Balaban J connectivity index is 1.63. The summed E-state index contributed by atoms with van der Waals surface area (Å²) in [5, 5.41) is 9.86. The summed E-state index contributed by atoms with van der Waals surface area (Å²) in [6.45, 7) is 4.86. The Hall–Kier alpha value is -4.01. The Kier molecular flexibility index (Phi) is 6.67. The second-order valence-corrected chi connectivity index (χ2v) is 7.40. The lowest BCUT2D eigenvalue weighted by molar-refractivity contribution is -0.130. The molecular weight excluding hydrogens is 412 g/mol. The van der Waals surface area contributed by atoms with Crippen LogP contribution in [-0.2, 0) is 21.4 Å². The monoisotopic (exact) mass is 436 g/mol. The first-order chi connectivity index (χ1) is 15.2. The normalized spacial score (nSPS) is 11.6. The Bertz CT molecular complexity index is 1240.